The van der Waals surface area contributed by atoms with E-state index in [4.69, 9.17) is 0 Å². The molecule has 0 radical (unpaired) electrons. The van der Waals surface area contributed by atoms with Gasteiger partial charge >= 0.3 is 5.76 Å². The molecular weight excluding hydrogens is 470 g/mol. The van der Waals surface area contributed by atoms with Crippen molar-refractivity contribution >= 4 is 38.7 Å². The normalized spacial score (nSPS) is 13.6. The van der Waals surface area contributed by atoms with E-state index in [0.717, 1.165) is 24.1 Å². The maximum atomic E-state index is 13.1. The predicted octanol–water partition coefficient (Wildman–Crippen LogP) is 4.50. The van der Waals surface area contributed by atoms with Crippen LogP contribution >= 0.6 is 11.3 Å². The summed E-state index contributed by atoms with van der Waals surface area (Å²) < 4.78 is 48.5. The molecule has 1 N–H and O–H groups in total. The van der Waals surface area contributed by atoms with E-state index in [1.165, 1.54) is 17.0 Å². The van der Waals surface area contributed by atoms with Crippen molar-refractivity contribution in [3.63, 3.8) is 0 Å². The lowest BCUT2D eigenvalue weighted by Gasteiger charge is -2.28. The number of thiophene rings is 1. The molecule has 0 fully saturated rings. The molecular formula is C23H20F2N2O4S2. The smallest absolute Gasteiger partial charge is 0.334 e. The van der Waals surface area contributed by atoms with E-state index in [-0.39, 0.29) is 11.5 Å². The zero-order valence-corrected chi connectivity index (χ0v) is 19.2. The van der Waals surface area contributed by atoms with Gasteiger partial charge in [-0.3, -0.25) is 9.59 Å². The van der Waals surface area contributed by atoms with E-state index in [2.05, 4.69) is 5.32 Å². The summed E-state index contributed by atoms with van der Waals surface area (Å²) in [5.74, 6) is -4.21. The van der Waals surface area contributed by atoms with Gasteiger partial charge < -0.3 is 10.2 Å². The third kappa shape index (κ3) is 4.53. The number of hydrogen-bond donors (Lipinski definition) is 1. The van der Waals surface area contributed by atoms with Gasteiger partial charge in [0.05, 0.1) is 4.90 Å². The maximum absolute atomic E-state index is 13.1. The van der Waals surface area contributed by atoms with Gasteiger partial charge in [0.1, 0.15) is 0 Å². The number of nitrogens with zero attached hydrogens (tertiary/aromatic N) is 1. The molecule has 6 nitrogen and oxygen atoms in total. The van der Waals surface area contributed by atoms with Crippen LogP contribution in [0.25, 0.3) is 0 Å². The fourth-order valence-corrected chi connectivity index (χ4v) is 5.30. The third-order valence-corrected chi connectivity index (χ3v) is 8.01. The molecule has 1 aromatic heterocycles. The molecule has 1 aliphatic heterocycles. The van der Waals surface area contributed by atoms with Gasteiger partial charge in [-0.25, -0.2) is 8.42 Å². The predicted molar refractivity (Wildman–Crippen MR) is 122 cm³/mol. The van der Waals surface area contributed by atoms with Crippen LogP contribution in [0.3, 0.4) is 0 Å². The highest BCUT2D eigenvalue weighted by Gasteiger charge is 2.27. The van der Waals surface area contributed by atoms with E-state index in [1.54, 1.807) is 41.4 Å². The van der Waals surface area contributed by atoms with Crippen LogP contribution in [0.4, 0.5) is 14.5 Å². The Hall–Kier alpha value is -3.11. The van der Waals surface area contributed by atoms with Crippen LogP contribution < -0.4 is 5.32 Å². The van der Waals surface area contributed by atoms with Crippen LogP contribution in [0, 0.1) is 6.92 Å². The lowest BCUT2D eigenvalue weighted by molar-refractivity contribution is 0.0735. The van der Waals surface area contributed by atoms with Crippen LogP contribution in [0.2, 0.25) is 0 Å². The highest BCUT2D eigenvalue weighted by Crippen LogP contribution is 2.27. The fourth-order valence-electron chi connectivity index (χ4n) is 3.69. The lowest BCUT2D eigenvalue weighted by Crippen LogP contribution is -2.35. The Morgan fingerprint density at radius 2 is 1.82 bits per heavy atom. The first-order valence-corrected chi connectivity index (χ1v) is 12.5. The van der Waals surface area contributed by atoms with E-state index < -0.39 is 26.4 Å². The number of alkyl halides is 2. The van der Waals surface area contributed by atoms with Crippen molar-refractivity contribution in [1.82, 2.24) is 4.90 Å². The van der Waals surface area contributed by atoms with Gasteiger partial charge in [-0.2, -0.15) is 8.78 Å². The number of anilines is 1. The Kier molecular flexibility index (Phi) is 6.31. The van der Waals surface area contributed by atoms with Crippen LogP contribution in [0.1, 0.15) is 36.7 Å². The van der Waals surface area contributed by atoms with Crippen LogP contribution in [0.15, 0.2) is 58.8 Å². The van der Waals surface area contributed by atoms with Crippen molar-refractivity contribution in [2.45, 2.75) is 30.5 Å². The molecule has 2 aromatic carbocycles. The molecule has 0 saturated heterocycles. The van der Waals surface area contributed by atoms with E-state index >= 15 is 0 Å². The molecule has 2 amide bonds. The largest absolute Gasteiger partial charge is 0.341 e. The van der Waals surface area contributed by atoms with Gasteiger partial charge in [-0.15, -0.1) is 11.3 Å². The molecule has 0 unspecified atom stereocenters. The van der Waals surface area contributed by atoms with Gasteiger partial charge in [-0.05, 0) is 72.3 Å². The summed E-state index contributed by atoms with van der Waals surface area (Å²) in [4.78, 5) is 28.3. The van der Waals surface area contributed by atoms with Crippen molar-refractivity contribution in [3.05, 3.63) is 81.0 Å². The monoisotopic (exact) mass is 490 g/mol. The molecule has 0 bridgehead atoms. The molecule has 10 heteroatoms. The number of sulfone groups is 1. The molecule has 0 saturated carbocycles. The Morgan fingerprint density at radius 1 is 1.09 bits per heavy atom. The second kappa shape index (κ2) is 9.03. The number of nitrogens with one attached hydrogen (secondary N) is 1. The molecule has 1 aliphatic rings. The second-order valence-electron chi connectivity index (χ2n) is 7.61. The van der Waals surface area contributed by atoms with Crippen molar-refractivity contribution < 1.29 is 26.8 Å². The number of amides is 2. The average molecular weight is 491 g/mol. The maximum Gasteiger partial charge on any atom is 0.341 e. The molecule has 0 atom stereocenters. The van der Waals surface area contributed by atoms with E-state index in [9.17, 15) is 26.8 Å². The molecule has 0 aliphatic carbocycles. The molecule has 33 heavy (non-hydrogen) atoms. The van der Waals surface area contributed by atoms with Gasteiger partial charge in [-0.1, -0.05) is 6.07 Å². The van der Waals surface area contributed by atoms with Gasteiger partial charge in [0.15, 0.2) is 0 Å². The van der Waals surface area contributed by atoms with Crippen molar-refractivity contribution in [1.29, 1.82) is 0 Å². The Balaban J connectivity index is 1.51. The quantitative estimate of drug-likeness (QED) is 0.571. The van der Waals surface area contributed by atoms with Crippen molar-refractivity contribution in [3.8, 4) is 0 Å². The zero-order chi connectivity index (χ0) is 23.8. The first-order valence-electron chi connectivity index (χ1n) is 10.1. The van der Waals surface area contributed by atoms with E-state index in [0.29, 0.717) is 29.9 Å². The molecule has 0 spiro atoms. The SMILES string of the molecule is Cc1c(NC(=O)c2ccc(S(=O)(=O)C(F)F)cc2)cccc1C(=O)N1CCc2sccc2C1. The minimum absolute atomic E-state index is 0.0976. The number of fused-ring (bicyclic) bond motifs is 1. The minimum atomic E-state index is -4.73. The summed E-state index contributed by atoms with van der Waals surface area (Å²) >= 11 is 1.69. The highest BCUT2D eigenvalue weighted by atomic mass is 32.2. The number of carbonyl (C=O) groups excluding carboxylic acids is 2. The molecule has 3 aromatic rings. The van der Waals surface area contributed by atoms with E-state index in [1.807, 2.05) is 11.4 Å². The second-order valence-corrected chi connectivity index (χ2v) is 10.5. The van der Waals surface area contributed by atoms with Crippen LogP contribution in [0.5, 0.6) is 0 Å². The Labute approximate surface area is 193 Å². The van der Waals surface area contributed by atoms with Crippen LogP contribution in [-0.2, 0) is 22.8 Å². The Morgan fingerprint density at radius 3 is 2.52 bits per heavy atom. The number of benzene rings is 2. The topological polar surface area (TPSA) is 83.5 Å². The van der Waals surface area contributed by atoms with Crippen molar-refractivity contribution in [2.75, 3.05) is 11.9 Å². The van der Waals surface area contributed by atoms with Crippen LogP contribution in [-0.4, -0.2) is 37.4 Å². The first-order chi connectivity index (χ1) is 15.7. The fraction of sp³-hybridized carbons (Fsp3) is 0.217. The summed E-state index contributed by atoms with van der Waals surface area (Å²) in [6.45, 7) is 2.90. The summed E-state index contributed by atoms with van der Waals surface area (Å²) in [6.07, 6.45) is 0.811. The highest BCUT2D eigenvalue weighted by molar-refractivity contribution is 7.91. The zero-order valence-electron chi connectivity index (χ0n) is 17.5. The number of carbonyl (C=O) groups is 2. The van der Waals surface area contributed by atoms with Gasteiger partial charge in [0.25, 0.3) is 11.8 Å². The number of rotatable bonds is 5. The third-order valence-electron chi connectivity index (χ3n) is 5.59. The molecule has 4 rings (SSSR count). The molecule has 2 heterocycles. The summed E-state index contributed by atoms with van der Waals surface area (Å²) in [7, 11) is -4.73. The first kappa shape index (κ1) is 23.1. The summed E-state index contributed by atoms with van der Waals surface area (Å²) in [5, 5.41) is 4.73. The molecule has 172 valence electrons. The van der Waals surface area contributed by atoms with Gasteiger partial charge in [0, 0.05) is 34.8 Å². The number of hydrogen-bond acceptors (Lipinski definition) is 5. The minimum Gasteiger partial charge on any atom is -0.334 e. The lowest BCUT2D eigenvalue weighted by atomic mass is 10.0. The van der Waals surface area contributed by atoms with Crippen molar-refractivity contribution in [2.24, 2.45) is 0 Å². The Bertz CT molecular complexity index is 1320. The summed E-state index contributed by atoms with van der Waals surface area (Å²) in [6, 6.07) is 11.3. The average Bonchev–Trinajstić information content (AvgIpc) is 3.28. The number of halogens is 2. The summed E-state index contributed by atoms with van der Waals surface area (Å²) in [5.41, 5.74) is 2.76. The standard InChI is InChI=1S/C23H20F2N2O4S2/c1-14-18(22(29)27-11-9-20-16(13-27)10-12-32-20)3-2-4-19(14)26-21(28)15-5-7-17(8-6-15)33(30,31)23(24)25/h2-8,10,12,23H,9,11,13H2,1H3,(H,26,28). The van der Waals surface area contributed by atoms with Gasteiger partial charge in [0.2, 0.25) is 9.84 Å².